The largest absolute Gasteiger partial charge is 1.00 e. The van der Waals surface area contributed by atoms with Gasteiger partial charge in [-0.15, -0.1) is 12.4 Å². The number of hydrogen-bond acceptors (Lipinski definition) is 1. The van der Waals surface area contributed by atoms with E-state index in [1.54, 1.807) is 0 Å². The van der Waals surface area contributed by atoms with Crippen LogP contribution in [0, 0.1) is 0 Å². The van der Waals surface area contributed by atoms with E-state index in [9.17, 15) is 0 Å². The first-order valence-electron chi connectivity index (χ1n) is 1.34. The van der Waals surface area contributed by atoms with Crippen LogP contribution in [-0.2, 0) is 0 Å². The SMILES string of the molecule is CN(C)C.Cl.[H-].[K+]. The number of nitrogens with zero attached hydrogens (tertiary/aromatic N) is 1. The Labute approximate surface area is 89.8 Å². The fraction of sp³-hybridized carbons (Fsp3) is 1.00. The Kier molecular flexibility index (Phi) is 26.1. The molecule has 3 heteroatoms. The summed E-state index contributed by atoms with van der Waals surface area (Å²) in [5.74, 6) is 0. The molecule has 0 N–H and O–H groups in total. The second kappa shape index (κ2) is 9.99. The summed E-state index contributed by atoms with van der Waals surface area (Å²) in [5.41, 5.74) is 0. The van der Waals surface area contributed by atoms with Crippen LogP contribution in [0.3, 0.4) is 0 Å². The normalized spacial score (nSPS) is 6.00. The predicted molar refractivity (Wildman–Crippen MR) is 28.0 cm³/mol. The van der Waals surface area contributed by atoms with E-state index in [1.165, 1.54) is 0 Å². The quantitative estimate of drug-likeness (QED) is 0.339. The Hall–Kier alpha value is 1.89. The Morgan fingerprint density at radius 2 is 1.17 bits per heavy atom. The Morgan fingerprint density at radius 1 is 1.17 bits per heavy atom. The molecule has 0 unspecified atom stereocenters. The Morgan fingerprint density at radius 3 is 1.17 bits per heavy atom. The zero-order valence-electron chi connectivity index (χ0n) is 5.86. The molecule has 0 saturated heterocycles. The summed E-state index contributed by atoms with van der Waals surface area (Å²) in [6, 6.07) is 0. The van der Waals surface area contributed by atoms with Gasteiger partial charge >= 0.3 is 51.4 Å². The molecule has 0 spiro atoms. The van der Waals surface area contributed by atoms with Crippen molar-refractivity contribution >= 4 is 12.4 Å². The van der Waals surface area contributed by atoms with E-state index in [4.69, 9.17) is 0 Å². The molecule has 0 atom stereocenters. The third-order valence-electron chi connectivity index (χ3n) is 0. The van der Waals surface area contributed by atoms with Gasteiger partial charge in [0, 0.05) is 0 Å². The molecule has 0 aromatic rings. The van der Waals surface area contributed by atoms with Gasteiger partial charge < -0.3 is 6.33 Å². The first kappa shape index (κ1) is 15.7. The van der Waals surface area contributed by atoms with E-state index in [1.807, 2.05) is 26.0 Å². The van der Waals surface area contributed by atoms with Gasteiger partial charge in [-0.25, -0.2) is 0 Å². The third-order valence-corrected chi connectivity index (χ3v) is 0. The van der Waals surface area contributed by atoms with Crippen molar-refractivity contribution in [1.29, 1.82) is 0 Å². The second-order valence-electron chi connectivity index (χ2n) is 1.34. The van der Waals surface area contributed by atoms with Crippen LogP contribution in [0.15, 0.2) is 0 Å². The van der Waals surface area contributed by atoms with Crippen LogP contribution in [0.1, 0.15) is 1.43 Å². The van der Waals surface area contributed by atoms with Crippen molar-refractivity contribution in [3.63, 3.8) is 0 Å². The predicted octanol–water partition coefficient (Wildman–Crippen LogP) is -2.28. The maximum absolute atomic E-state index is 2.00. The summed E-state index contributed by atoms with van der Waals surface area (Å²) in [6.07, 6.45) is 0. The van der Waals surface area contributed by atoms with Gasteiger partial charge in [0.1, 0.15) is 0 Å². The van der Waals surface area contributed by atoms with Crippen molar-refractivity contribution < 1.29 is 52.8 Å². The third kappa shape index (κ3) is 39.5. The maximum Gasteiger partial charge on any atom is 1.00 e. The summed E-state index contributed by atoms with van der Waals surface area (Å²) in [7, 11) is 6.00. The van der Waals surface area contributed by atoms with Gasteiger partial charge in [-0.2, -0.15) is 0 Å². The number of halogens is 1. The minimum atomic E-state index is 0. The summed E-state index contributed by atoms with van der Waals surface area (Å²) in [5, 5.41) is 0. The van der Waals surface area contributed by atoms with Gasteiger partial charge in [0.25, 0.3) is 0 Å². The van der Waals surface area contributed by atoms with Gasteiger partial charge in [0.05, 0.1) is 0 Å². The molecule has 0 rings (SSSR count). The van der Waals surface area contributed by atoms with Gasteiger partial charge in [0.15, 0.2) is 0 Å². The minimum absolute atomic E-state index is 0. The van der Waals surface area contributed by atoms with Crippen LogP contribution in [-0.4, -0.2) is 26.0 Å². The van der Waals surface area contributed by atoms with Crippen LogP contribution < -0.4 is 51.4 Å². The summed E-state index contributed by atoms with van der Waals surface area (Å²) in [4.78, 5) is 2.00. The number of hydrogen-bond donors (Lipinski definition) is 0. The summed E-state index contributed by atoms with van der Waals surface area (Å²) < 4.78 is 0. The molecule has 0 fully saturated rings. The standard InChI is InChI=1S/C3H9N.ClH.K.H/c1-4(2)3;;;/h1-3H3;1H;;/q;;+1;-1. The van der Waals surface area contributed by atoms with E-state index in [2.05, 4.69) is 0 Å². The summed E-state index contributed by atoms with van der Waals surface area (Å²) >= 11 is 0. The van der Waals surface area contributed by atoms with E-state index in [-0.39, 0.29) is 65.2 Å². The van der Waals surface area contributed by atoms with Crippen LogP contribution in [0.5, 0.6) is 0 Å². The van der Waals surface area contributed by atoms with Crippen molar-refractivity contribution in [3.05, 3.63) is 0 Å². The minimum Gasteiger partial charge on any atom is -1.00 e. The number of rotatable bonds is 0. The van der Waals surface area contributed by atoms with Crippen molar-refractivity contribution in [2.24, 2.45) is 0 Å². The van der Waals surface area contributed by atoms with Gasteiger partial charge in [-0.3, -0.25) is 0 Å². The molecule has 0 aliphatic heterocycles. The van der Waals surface area contributed by atoms with Crippen LogP contribution >= 0.6 is 12.4 Å². The topological polar surface area (TPSA) is 3.24 Å². The molecular weight excluding hydrogens is 125 g/mol. The molecule has 0 aromatic carbocycles. The van der Waals surface area contributed by atoms with Gasteiger partial charge in [0.2, 0.25) is 0 Å². The molecule has 0 aliphatic carbocycles. The monoisotopic (exact) mass is 135 g/mol. The summed E-state index contributed by atoms with van der Waals surface area (Å²) in [6.45, 7) is 0. The molecular formula is C3H11ClKN. The zero-order valence-corrected chi connectivity index (χ0v) is 8.80. The fourth-order valence-electron chi connectivity index (χ4n) is 0. The van der Waals surface area contributed by atoms with E-state index in [0.717, 1.165) is 0 Å². The Bertz CT molecular complexity index is 19.7. The van der Waals surface area contributed by atoms with E-state index in [0.29, 0.717) is 0 Å². The zero-order chi connectivity index (χ0) is 3.58. The molecule has 1 nitrogen and oxygen atoms in total. The Balaban J connectivity index is -0.0000000150. The molecule has 0 amide bonds. The molecule has 36 valence electrons. The molecule has 0 aromatic heterocycles. The first-order valence-corrected chi connectivity index (χ1v) is 1.34. The molecule has 0 saturated carbocycles. The maximum atomic E-state index is 2.00. The average Bonchev–Trinajstić information content (AvgIpc) is 0.811. The van der Waals surface area contributed by atoms with E-state index < -0.39 is 0 Å². The van der Waals surface area contributed by atoms with Crippen molar-refractivity contribution in [2.75, 3.05) is 21.1 Å². The average molecular weight is 136 g/mol. The second-order valence-corrected chi connectivity index (χ2v) is 1.34. The molecule has 0 bridgehead atoms. The molecule has 0 aliphatic rings. The van der Waals surface area contributed by atoms with Crippen LogP contribution in [0.25, 0.3) is 0 Å². The molecule has 0 heterocycles. The van der Waals surface area contributed by atoms with Gasteiger partial charge in [-0.05, 0) is 21.1 Å². The van der Waals surface area contributed by atoms with Crippen LogP contribution in [0.2, 0.25) is 0 Å². The first-order chi connectivity index (χ1) is 1.73. The van der Waals surface area contributed by atoms with E-state index >= 15 is 0 Å². The van der Waals surface area contributed by atoms with Crippen molar-refractivity contribution in [1.82, 2.24) is 4.90 Å². The molecule has 0 radical (unpaired) electrons. The van der Waals surface area contributed by atoms with Crippen molar-refractivity contribution in [2.45, 2.75) is 0 Å². The molecule has 6 heavy (non-hydrogen) atoms. The van der Waals surface area contributed by atoms with Crippen molar-refractivity contribution in [3.8, 4) is 0 Å². The van der Waals surface area contributed by atoms with Gasteiger partial charge in [-0.1, -0.05) is 0 Å². The van der Waals surface area contributed by atoms with Crippen LogP contribution in [0.4, 0.5) is 0 Å². The fourth-order valence-corrected chi connectivity index (χ4v) is 0. The smallest absolute Gasteiger partial charge is 1.00 e.